The summed E-state index contributed by atoms with van der Waals surface area (Å²) in [6.45, 7) is 0.505. The third-order valence-corrected chi connectivity index (χ3v) is 2.81. The quantitative estimate of drug-likeness (QED) is 0.878. The van der Waals surface area contributed by atoms with Crippen molar-refractivity contribution in [2.45, 2.75) is 6.54 Å². The number of aromatic nitrogens is 3. The number of phenols is 1. The second-order valence-electron chi connectivity index (χ2n) is 3.82. The van der Waals surface area contributed by atoms with E-state index in [0.717, 1.165) is 12.1 Å². The first-order chi connectivity index (χ1) is 9.49. The van der Waals surface area contributed by atoms with E-state index >= 15 is 0 Å². The number of hydrogen-bond donors (Lipinski definition) is 2. The lowest BCUT2D eigenvalue weighted by Gasteiger charge is -2.07. The first kappa shape index (κ1) is 14.4. The van der Waals surface area contributed by atoms with E-state index in [0.29, 0.717) is 11.1 Å². The van der Waals surface area contributed by atoms with Crippen LogP contribution in [-0.2, 0) is 6.54 Å². The molecule has 0 spiro atoms. The zero-order valence-corrected chi connectivity index (χ0v) is 11.6. The molecule has 0 aliphatic carbocycles. The van der Waals surface area contributed by atoms with Crippen LogP contribution in [0.4, 0.5) is 8.78 Å². The number of carbonyl (C=O) groups is 1. The summed E-state index contributed by atoms with van der Waals surface area (Å²) in [5, 5.41) is 18.9. The summed E-state index contributed by atoms with van der Waals surface area (Å²) in [4.78, 5) is 11.7. The Labute approximate surface area is 120 Å². The molecule has 0 aliphatic heterocycles. The SMILES string of the molecule is O=C(NCCn1cc(Br)nn1)c1ccc(F)c(O)c1F. The van der Waals surface area contributed by atoms with Gasteiger partial charge in [-0.15, -0.1) is 5.10 Å². The Hall–Kier alpha value is -2.03. The summed E-state index contributed by atoms with van der Waals surface area (Å²) in [5.74, 6) is -4.33. The van der Waals surface area contributed by atoms with Gasteiger partial charge in [-0.2, -0.15) is 0 Å². The van der Waals surface area contributed by atoms with E-state index in [-0.39, 0.29) is 6.54 Å². The molecule has 0 unspecified atom stereocenters. The van der Waals surface area contributed by atoms with E-state index in [4.69, 9.17) is 5.11 Å². The number of benzene rings is 1. The minimum atomic E-state index is -1.29. The number of halogens is 3. The van der Waals surface area contributed by atoms with Crippen LogP contribution >= 0.6 is 15.9 Å². The number of hydrogen-bond acceptors (Lipinski definition) is 4. The van der Waals surface area contributed by atoms with Crippen molar-refractivity contribution in [2.24, 2.45) is 0 Å². The molecule has 1 aromatic heterocycles. The number of aromatic hydroxyl groups is 1. The number of nitrogens with zero attached hydrogens (tertiary/aromatic N) is 3. The van der Waals surface area contributed by atoms with Crippen molar-refractivity contribution < 1.29 is 18.7 Å². The average Bonchev–Trinajstić information content (AvgIpc) is 2.82. The van der Waals surface area contributed by atoms with Crippen molar-refractivity contribution in [1.29, 1.82) is 0 Å². The fraction of sp³-hybridized carbons (Fsp3) is 0.182. The minimum Gasteiger partial charge on any atom is -0.503 e. The lowest BCUT2D eigenvalue weighted by atomic mass is 10.2. The van der Waals surface area contributed by atoms with Gasteiger partial charge in [0, 0.05) is 6.54 Å². The number of nitrogens with one attached hydrogen (secondary N) is 1. The van der Waals surface area contributed by atoms with Crippen LogP contribution in [0.1, 0.15) is 10.4 Å². The smallest absolute Gasteiger partial charge is 0.254 e. The lowest BCUT2D eigenvalue weighted by Crippen LogP contribution is -2.28. The van der Waals surface area contributed by atoms with Crippen molar-refractivity contribution in [3.63, 3.8) is 0 Å². The standard InChI is InChI=1S/C11H9BrF2N4O2/c12-8-5-18(17-16-8)4-3-15-11(20)6-1-2-7(13)10(19)9(6)14/h1-2,5,19H,3-4H2,(H,15,20). The van der Waals surface area contributed by atoms with Crippen LogP contribution in [0.2, 0.25) is 0 Å². The Kier molecular flexibility index (Phi) is 4.28. The summed E-state index contributed by atoms with van der Waals surface area (Å²) in [6, 6.07) is 1.79. The molecule has 2 aromatic rings. The molecule has 0 bridgehead atoms. The summed E-state index contributed by atoms with van der Waals surface area (Å²) in [5.41, 5.74) is -0.427. The van der Waals surface area contributed by atoms with Crippen LogP contribution in [-0.4, -0.2) is 32.6 Å². The van der Waals surface area contributed by atoms with Crippen LogP contribution in [0, 0.1) is 11.6 Å². The average molecular weight is 347 g/mol. The first-order valence-electron chi connectivity index (χ1n) is 5.50. The highest BCUT2D eigenvalue weighted by atomic mass is 79.9. The highest BCUT2D eigenvalue weighted by Crippen LogP contribution is 2.22. The molecular formula is C11H9BrF2N4O2. The normalized spacial score (nSPS) is 10.6. The molecule has 106 valence electrons. The topological polar surface area (TPSA) is 80.0 Å². The van der Waals surface area contributed by atoms with Gasteiger partial charge in [0.05, 0.1) is 18.3 Å². The van der Waals surface area contributed by atoms with Crippen LogP contribution in [0.5, 0.6) is 5.75 Å². The molecule has 0 radical (unpaired) electrons. The van der Waals surface area contributed by atoms with Gasteiger partial charge in [-0.1, -0.05) is 5.21 Å². The van der Waals surface area contributed by atoms with Gasteiger partial charge in [0.1, 0.15) is 4.60 Å². The predicted molar refractivity (Wildman–Crippen MR) is 68.1 cm³/mol. The summed E-state index contributed by atoms with van der Waals surface area (Å²) in [7, 11) is 0. The second-order valence-corrected chi connectivity index (χ2v) is 4.63. The molecule has 0 saturated heterocycles. The van der Waals surface area contributed by atoms with Crippen LogP contribution in [0.15, 0.2) is 22.9 Å². The molecule has 20 heavy (non-hydrogen) atoms. The number of carbonyl (C=O) groups excluding carboxylic acids is 1. The minimum absolute atomic E-state index is 0.173. The van der Waals surface area contributed by atoms with Crippen molar-refractivity contribution >= 4 is 21.8 Å². The van der Waals surface area contributed by atoms with Gasteiger partial charge in [-0.3, -0.25) is 4.79 Å². The first-order valence-corrected chi connectivity index (χ1v) is 6.29. The lowest BCUT2D eigenvalue weighted by molar-refractivity contribution is 0.0946. The predicted octanol–water partition coefficient (Wildman–Crippen LogP) is 1.45. The summed E-state index contributed by atoms with van der Waals surface area (Å²) < 4.78 is 28.4. The molecule has 0 fully saturated rings. The molecule has 0 atom stereocenters. The Bertz CT molecular complexity index is 647. The Morgan fingerprint density at radius 1 is 1.45 bits per heavy atom. The van der Waals surface area contributed by atoms with Crippen molar-refractivity contribution in [3.8, 4) is 5.75 Å². The monoisotopic (exact) mass is 346 g/mol. The van der Waals surface area contributed by atoms with Crippen LogP contribution < -0.4 is 5.32 Å². The maximum Gasteiger partial charge on any atom is 0.254 e. The second kappa shape index (κ2) is 5.95. The Morgan fingerprint density at radius 2 is 2.20 bits per heavy atom. The maximum absolute atomic E-state index is 13.5. The molecule has 2 N–H and O–H groups in total. The maximum atomic E-state index is 13.5. The van der Waals surface area contributed by atoms with Gasteiger partial charge >= 0.3 is 0 Å². The Morgan fingerprint density at radius 3 is 2.85 bits per heavy atom. The van der Waals surface area contributed by atoms with Gasteiger partial charge in [0.25, 0.3) is 5.91 Å². The van der Waals surface area contributed by atoms with Crippen molar-refractivity contribution in [1.82, 2.24) is 20.3 Å². The van der Waals surface area contributed by atoms with Gasteiger partial charge in [-0.25, -0.2) is 13.5 Å². The van der Waals surface area contributed by atoms with Gasteiger partial charge in [0.15, 0.2) is 17.4 Å². The number of rotatable bonds is 4. The molecule has 1 amide bonds. The molecular weight excluding hydrogens is 338 g/mol. The highest BCUT2D eigenvalue weighted by Gasteiger charge is 2.17. The molecule has 0 aliphatic rings. The molecule has 0 saturated carbocycles. The van der Waals surface area contributed by atoms with Gasteiger partial charge < -0.3 is 10.4 Å². The van der Waals surface area contributed by atoms with E-state index in [9.17, 15) is 13.6 Å². The van der Waals surface area contributed by atoms with E-state index < -0.39 is 28.9 Å². The number of phenolic OH excluding ortho intramolecular Hbond substituents is 1. The fourth-order valence-electron chi connectivity index (χ4n) is 1.48. The molecule has 1 heterocycles. The van der Waals surface area contributed by atoms with Gasteiger partial charge in [0.2, 0.25) is 0 Å². The molecule has 6 nitrogen and oxygen atoms in total. The van der Waals surface area contributed by atoms with E-state index in [2.05, 4.69) is 31.6 Å². The zero-order chi connectivity index (χ0) is 14.7. The van der Waals surface area contributed by atoms with Gasteiger partial charge in [-0.05, 0) is 28.1 Å². The Balaban J connectivity index is 1.97. The van der Waals surface area contributed by atoms with Crippen molar-refractivity contribution in [3.05, 3.63) is 40.1 Å². The summed E-state index contributed by atoms with van der Waals surface area (Å²) in [6.07, 6.45) is 1.61. The fourth-order valence-corrected chi connectivity index (χ4v) is 1.79. The highest BCUT2D eigenvalue weighted by molar-refractivity contribution is 9.10. The molecule has 1 aromatic carbocycles. The zero-order valence-electron chi connectivity index (χ0n) is 9.98. The van der Waals surface area contributed by atoms with Crippen molar-refractivity contribution in [2.75, 3.05) is 6.54 Å². The number of amides is 1. The van der Waals surface area contributed by atoms with E-state index in [1.54, 1.807) is 6.20 Å². The largest absolute Gasteiger partial charge is 0.503 e. The summed E-state index contributed by atoms with van der Waals surface area (Å²) >= 11 is 3.12. The third kappa shape index (κ3) is 3.10. The molecule has 2 rings (SSSR count). The third-order valence-electron chi connectivity index (χ3n) is 2.45. The van der Waals surface area contributed by atoms with Crippen LogP contribution in [0.3, 0.4) is 0 Å². The van der Waals surface area contributed by atoms with E-state index in [1.807, 2.05) is 0 Å². The van der Waals surface area contributed by atoms with Crippen LogP contribution in [0.25, 0.3) is 0 Å². The van der Waals surface area contributed by atoms with E-state index in [1.165, 1.54) is 4.68 Å². The molecule has 9 heteroatoms.